The summed E-state index contributed by atoms with van der Waals surface area (Å²) in [5, 5.41) is 11.8. The van der Waals surface area contributed by atoms with Gasteiger partial charge in [0.2, 0.25) is 5.91 Å². The highest BCUT2D eigenvalue weighted by Gasteiger charge is 2.12. The quantitative estimate of drug-likeness (QED) is 0.640. The fourth-order valence-electron chi connectivity index (χ4n) is 2.76. The molecule has 1 amide bonds. The fraction of sp³-hybridized carbons (Fsp3) is 0.286. The number of hydrogen-bond donors (Lipinski definition) is 1. The number of nitrogens with zero attached hydrogens (tertiary/aromatic N) is 4. The molecule has 1 heterocycles. The van der Waals surface area contributed by atoms with Crippen LogP contribution in [0.25, 0.3) is 5.69 Å². The molecule has 3 aromatic rings. The Hall–Kier alpha value is -2.80. The van der Waals surface area contributed by atoms with E-state index in [0.717, 1.165) is 22.6 Å². The molecule has 3 rings (SSSR count). The SMILES string of the molecule is Cc1ccc(-n2cnnc2SCC(=O)Nc2ccc(N(C)C)cc2C)cc1C. The lowest BCUT2D eigenvalue weighted by atomic mass is 10.1. The molecule has 7 heteroatoms. The molecule has 0 saturated heterocycles. The van der Waals surface area contributed by atoms with Gasteiger partial charge < -0.3 is 10.2 Å². The lowest BCUT2D eigenvalue weighted by molar-refractivity contribution is -0.113. The second-order valence-corrected chi connectivity index (χ2v) is 7.93. The van der Waals surface area contributed by atoms with Gasteiger partial charge in [0, 0.05) is 31.2 Å². The molecule has 0 radical (unpaired) electrons. The number of anilines is 2. The number of carbonyl (C=O) groups excluding carboxylic acids is 1. The molecule has 0 saturated carbocycles. The van der Waals surface area contributed by atoms with Crippen LogP contribution in [0.4, 0.5) is 11.4 Å². The van der Waals surface area contributed by atoms with E-state index >= 15 is 0 Å². The van der Waals surface area contributed by atoms with Gasteiger partial charge in [0.15, 0.2) is 5.16 Å². The van der Waals surface area contributed by atoms with Crippen LogP contribution in [0.15, 0.2) is 47.9 Å². The topological polar surface area (TPSA) is 63.1 Å². The van der Waals surface area contributed by atoms with Crippen molar-refractivity contribution in [2.45, 2.75) is 25.9 Å². The minimum absolute atomic E-state index is 0.0691. The summed E-state index contributed by atoms with van der Waals surface area (Å²) in [5.74, 6) is 0.193. The van der Waals surface area contributed by atoms with Crippen molar-refractivity contribution in [2.75, 3.05) is 30.1 Å². The van der Waals surface area contributed by atoms with Crippen LogP contribution >= 0.6 is 11.8 Å². The maximum Gasteiger partial charge on any atom is 0.234 e. The van der Waals surface area contributed by atoms with E-state index in [9.17, 15) is 4.79 Å². The molecule has 0 bridgehead atoms. The zero-order valence-corrected chi connectivity index (χ0v) is 17.7. The van der Waals surface area contributed by atoms with Gasteiger partial charge in [-0.05, 0) is 67.8 Å². The van der Waals surface area contributed by atoms with Gasteiger partial charge in [0.25, 0.3) is 0 Å². The van der Waals surface area contributed by atoms with Crippen molar-refractivity contribution in [2.24, 2.45) is 0 Å². The predicted molar refractivity (Wildman–Crippen MR) is 116 cm³/mol. The molecule has 2 aromatic carbocycles. The molecular weight excluding hydrogens is 370 g/mol. The predicted octanol–water partition coefficient (Wildman–Crippen LogP) is 3.99. The Labute approximate surface area is 170 Å². The Morgan fingerprint density at radius 3 is 2.54 bits per heavy atom. The highest BCUT2D eigenvalue weighted by molar-refractivity contribution is 7.99. The van der Waals surface area contributed by atoms with E-state index in [1.807, 2.05) is 48.7 Å². The molecular formula is C21H25N5OS. The number of benzene rings is 2. The van der Waals surface area contributed by atoms with Crippen molar-refractivity contribution in [1.29, 1.82) is 0 Å². The molecule has 0 aliphatic carbocycles. The lowest BCUT2D eigenvalue weighted by Crippen LogP contribution is -2.16. The highest BCUT2D eigenvalue weighted by atomic mass is 32.2. The molecule has 0 spiro atoms. The van der Waals surface area contributed by atoms with Gasteiger partial charge in [-0.25, -0.2) is 0 Å². The third-order valence-electron chi connectivity index (χ3n) is 4.62. The van der Waals surface area contributed by atoms with Crippen LogP contribution in [0.2, 0.25) is 0 Å². The molecule has 1 N–H and O–H groups in total. The molecule has 0 aliphatic rings. The standard InChI is InChI=1S/C21H25N5OS/c1-14-6-7-18(10-15(14)2)26-13-22-24-21(26)28-12-20(27)23-19-9-8-17(25(4)5)11-16(19)3/h6-11,13H,12H2,1-5H3,(H,23,27). The van der Waals surface area contributed by atoms with Gasteiger partial charge in [-0.15, -0.1) is 10.2 Å². The number of rotatable bonds is 6. The van der Waals surface area contributed by atoms with Crippen LogP contribution in [0.5, 0.6) is 0 Å². The third-order valence-corrected chi connectivity index (χ3v) is 5.56. The fourth-order valence-corrected chi connectivity index (χ4v) is 3.49. The Bertz CT molecular complexity index is 996. The molecule has 0 fully saturated rings. The summed E-state index contributed by atoms with van der Waals surface area (Å²) in [6.07, 6.45) is 1.68. The summed E-state index contributed by atoms with van der Waals surface area (Å²) in [4.78, 5) is 14.5. The van der Waals surface area contributed by atoms with Gasteiger partial charge in [0.05, 0.1) is 5.75 Å². The first-order valence-corrected chi connectivity index (χ1v) is 10.0. The van der Waals surface area contributed by atoms with E-state index < -0.39 is 0 Å². The highest BCUT2D eigenvalue weighted by Crippen LogP contribution is 2.24. The summed E-state index contributed by atoms with van der Waals surface area (Å²) < 4.78 is 1.90. The van der Waals surface area contributed by atoms with E-state index in [2.05, 4.69) is 47.6 Å². The van der Waals surface area contributed by atoms with Gasteiger partial charge >= 0.3 is 0 Å². The minimum atomic E-state index is -0.0691. The number of thioether (sulfide) groups is 1. The molecule has 146 valence electrons. The summed E-state index contributed by atoms with van der Waals surface area (Å²) in [6.45, 7) is 6.15. The zero-order chi connectivity index (χ0) is 20.3. The summed E-state index contributed by atoms with van der Waals surface area (Å²) in [6, 6.07) is 12.2. The van der Waals surface area contributed by atoms with Crippen LogP contribution in [0, 0.1) is 20.8 Å². The Morgan fingerprint density at radius 1 is 1.07 bits per heavy atom. The van der Waals surface area contributed by atoms with Gasteiger partial charge in [0.1, 0.15) is 6.33 Å². The first kappa shape index (κ1) is 19.9. The average molecular weight is 396 g/mol. The second-order valence-electron chi connectivity index (χ2n) is 6.98. The maximum atomic E-state index is 12.4. The van der Waals surface area contributed by atoms with Crippen molar-refractivity contribution in [3.8, 4) is 5.69 Å². The Kier molecular flexibility index (Phi) is 6.04. The van der Waals surface area contributed by atoms with Crippen molar-refractivity contribution in [3.05, 3.63) is 59.4 Å². The van der Waals surface area contributed by atoms with Crippen LogP contribution < -0.4 is 10.2 Å². The molecule has 0 atom stereocenters. The number of carbonyl (C=O) groups is 1. The molecule has 0 aliphatic heterocycles. The number of nitrogens with one attached hydrogen (secondary N) is 1. The van der Waals surface area contributed by atoms with E-state index in [-0.39, 0.29) is 11.7 Å². The Balaban J connectivity index is 1.66. The van der Waals surface area contributed by atoms with Crippen molar-refractivity contribution in [1.82, 2.24) is 14.8 Å². The summed E-state index contributed by atoms with van der Waals surface area (Å²) >= 11 is 1.37. The number of aryl methyl sites for hydroxylation is 3. The summed E-state index contributed by atoms with van der Waals surface area (Å²) in [5.41, 5.74) is 6.39. The molecule has 0 unspecified atom stereocenters. The smallest absolute Gasteiger partial charge is 0.234 e. The number of amides is 1. The normalized spacial score (nSPS) is 10.8. The first-order valence-electron chi connectivity index (χ1n) is 9.03. The van der Waals surface area contributed by atoms with Crippen molar-refractivity contribution < 1.29 is 4.79 Å². The van der Waals surface area contributed by atoms with Crippen LogP contribution in [0.3, 0.4) is 0 Å². The molecule has 6 nitrogen and oxygen atoms in total. The van der Waals surface area contributed by atoms with Crippen LogP contribution in [-0.2, 0) is 4.79 Å². The third kappa shape index (κ3) is 4.54. The average Bonchev–Trinajstić information content (AvgIpc) is 3.12. The van der Waals surface area contributed by atoms with Gasteiger partial charge in [-0.3, -0.25) is 9.36 Å². The second kappa shape index (κ2) is 8.48. The maximum absolute atomic E-state index is 12.4. The number of hydrogen-bond acceptors (Lipinski definition) is 5. The van der Waals surface area contributed by atoms with Gasteiger partial charge in [-0.1, -0.05) is 17.8 Å². The van der Waals surface area contributed by atoms with Crippen molar-refractivity contribution >= 4 is 29.0 Å². The van der Waals surface area contributed by atoms with Crippen molar-refractivity contribution in [3.63, 3.8) is 0 Å². The minimum Gasteiger partial charge on any atom is -0.378 e. The van der Waals surface area contributed by atoms with E-state index in [1.54, 1.807) is 6.33 Å². The summed E-state index contributed by atoms with van der Waals surface area (Å²) in [7, 11) is 3.99. The van der Waals surface area contributed by atoms with Gasteiger partial charge in [-0.2, -0.15) is 0 Å². The van der Waals surface area contributed by atoms with E-state index in [4.69, 9.17) is 0 Å². The van der Waals surface area contributed by atoms with E-state index in [1.165, 1.54) is 22.9 Å². The molecule has 28 heavy (non-hydrogen) atoms. The monoisotopic (exact) mass is 395 g/mol. The zero-order valence-electron chi connectivity index (χ0n) is 16.9. The number of aromatic nitrogens is 3. The first-order chi connectivity index (χ1) is 13.3. The largest absolute Gasteiger partial charge is 0.378 e. The lowest BCUT2D eigenvalue weighted by Gasteiger charge is -2.15. The van der Waals surface area contributed by atoms with E-state index in [0.29, 0.717) is 5.16 Å². The molecule has 1 aromatic heterocycles. The van der Waals surface area contributed by atoms with Crippen LogP contribution in [0.1, 0.15) is 16.7 Å². The Morgan fingerprint density at radius 2 is 1.86 bits per heavy atom. The van der Waals surface area contributed by atoms with Crippen LogP contribution in [-0.4, -0.2) is 40.5 Å².